The highest BCUT2D eigenvalue weighted by Gasteiger charge is 2.35. The Labute approximate surface area is 194 Å². The third-order valence-corrected chi connectivity index (χ3v) is 9.06. The zero-order valence-corrected chi connectivity index (χ0v) is 21.0. The highest BCUT2D eigenvalue weighted by molar-refractivity contribution is 9.13. The maximum atomic E-state index is 13.5. The molecule has 1 heterocycles. The van der Waals surface area contributed by atoms with Gasteiger partial charge in [-0.05, 0) is 57.0 Å². The van der Waals surface area contributed by atoms with Crippen molar-refractivity contribution in [2.45, 2.75) is 11.8 Å². The van der Waals surface area contributed by atoms with Crippen LogP contribution in [-0.4, -0.2) is 59.7 Å². The van der Waals surface area contributed by atoms with Crippen molar-refractivity contribution in [2.75, 3.05) is 51.9 Å². The number of nitrogens with zero attached hydrogens (tertiary/aromatic N) is 2. The maximum Gasteiger partial charge on any atom is 0.248 e. The van der Waals surface area contributed by atoms with Crippen molar-refractivity contribution in [1.29, 1.82) is 0 Å². The molecule has 0 radical (unpaired) electrons. The Morgan fingerprint density at radius 3 is 2.27 bits per heavy atom. The molecule has 3 rings (SSSR count). The molecule has 1 aliphatic rings. The van der Waals surface area contributed by atoms with E-state index in [9.17, 15) is 8.42 Å². The molecule has 1 saturated heterocycles. The molecule has 0 amide bonds. The Kier molecular flexibility index (Phi) is 7.54. The maximum absolute atomic E-state index is 13.5. The van der Waals surface area contributed by atoms with Crippen molar-refractivity contribution >= 4 is 47.6 Å². The van der Waals surface area contributed by atoms with E-state index in [4.69, 9.17) is 14.2 Å². The van der Waals surface area contributed by atoms with Gasteiger partial charge >= 0.3 is 0 Å². The van der Waals surface area contributed by atoms with Gasteiger partial charge < -0.3 is 19.1 Å². The van der Waals surface area contributed by atoms with Crippen LogP contribution in [0.2, 0.25) is 0 Å². The van der Waals surface area contributed by atoms with Crippen LogP contribution in [0.25, 0.3) is 0 Å². The lowest BCUT2D eigenvalue weighted by atomic mass is 10.2. The summed E-state index contributed by atoms with van der Waals surface area (Å²) >= 11 is 6.79. The summed E-state index contributed by atoms with van der Waals surface area (Å²) in [4.78, 5) is 2.20. The molecule has 0 spiro atoms. The van der Waals surface area contributed by atoms with E-state index < -0.39 is 10.0 Å². The number of hydrogen-bond acceptors (Lipinski definition) is 6. The fourth-order valence-corrected chi connectivity index (χ4v) is 6.54. The van der Waals surface area contributed by atoms with Gasteiger partial charge in [0.05, 0.1) is 31.0 Å². The van der Waals surface area contributed by atoms with Gasteiger partial charge in [-0.25, -0.2) is 8.42 Å². The zero-order valence-electron chi connectivity index (χ0n) is 17.0. The van der Waals surface area contributed by atoms with Crippen LogP contribution in [0.15, 0.2) is 44.2 Å². The summed E-state index contributed by atoms with van der Waals surface area (Å²) in [5, 5.41) is 0. The van der Waals surface area contributed by atoms with Gasteiger partial charge in [0.2, 0.25) is 10.0 Å². The molecule has 0 aromatic heterocycles. The first kappa shape index (κ1) is 23.2. The molecule has 164 valence electrons. The van der Waals surface area contributed by atoms with Gasteiger partial charge in [0, 0.05) is 30.7 Å². The summed E-state index contributed by atoms with van der Waals surface area (Å²) in [6.45, 7) is 4.30. The molecule has 0 bridgehead atoms. The normalized spacial score (nSPS) is 15.2. The van der Waals surface area contributed by atoms with Crippen LogP contribution in [-0.2, 0) is 10.0 Å². The molecule has 0 saturated carbocycles. The van der Waals surface area contributed by atoms with Gasteiger partial charge in [0.15, 0.2) is 11.5 Å². The molecule has 0 atom stereocenters. The summed E-state index contributed by atoms with van der Waals surface area (Å²) in [7, 11) is -0.917. The van der Waals surface area contributed by atoms with E-state index in [-0.39, 0.29) is 10.6 Å². The number of halogens is 2. The molecular formula is C20H24Br2N2O5S. The summed E-state index contributed by atoms with van der Waals surface area (Å²) in [6, 6.07) is 9.48. The van der Waals surface area contributed by atoms with Gasteiger partial charge in [-0.1, -0.05) is 12.1 Å². The highest BCUT2D eigenvalue weighted by Crippen LogP contribution is 2.45. The van der Waals surface area contributed by atoms with E-state index in [0.717, 1.165) is 11.4 Å². The van der Waals surface area contributed by atoms with E-state index in [1.165, 1.54) is 18.5 Å². The first-order valence-corrected chi connectivity index (χ1v) is 12.4. The van der Waals surface area contributed by atoms with Gasteiger partial charge in [-0.2, -0.15) is 4.31 Å². The number of benzene rings is 2. The van der Waals surface area contributed by atoms with E-state index >= 15 is 0 Å². The zero-order chi connectivity index (χ0) is 21.9. The lowest BCUT2D eigenvalue weighted by Crippen LogP contribution is -2.48. The molecule has 0 unspecified atom stereocenters. The van der Waals surface area contributed by atoms with Crippen LogP contribution in [0.3, 0.4) is 0 Å². The molecule has 0 aliphatic carbocycles. The number of piperazine rings is 1. The number of para-hydroxylation sites is 2. The summed E-state index contributed by atoms with van der Waals surface area (Å²) in [5.74, 6) is 1.32. The lowest BCUT2D eigenvalue weighted by molar-refractivity contribution is 0.334. The topological polar surface area (TPSA) is 68.3 Å². The Balaban J connectivity index is 1.89. The molecule has 2 aromatic rings. The van der Waals surface area contributed by atoms with Crippen molar-refractivity contribution in [3.8, 4) is 17.2 Å². The second-order valence-electron chi connectivity index (χ2n) is 6.53. The third kappa shape index (κ3) is 4.42. The van der Waals surface area contributed by atoms with Crippen molar-refractivity contribution in [3.05, 3.63) is 39.3 Å². The SMILES string of the molecule is CCOc1ccccc1N1CCN(S(=O)(=O)c2c(Br)c(Br)cc(OC)c2OC)CC1. The minimum Gasteiger partial charge on any atom is -0.493 e. The first-order chi connectivity index (χ1) is 14.3. The van der Waals surface area contributed by atoms with Gasteiger partial charge in [-0.15, -0.1) is 0 Å². The number of sulfonamides is 1. The van der Waals surface area contributed by atoms with Crippen LogP contribution < -0.4 is 19.1 Å². The number of anilines is 1. The van der Waals surface area contributed by atoms with Gasteiger partial charge in [0.25, 0.3) is 0 Å². The monoisotopic (exact) mass is 562 g/mol. The molecule has 0 N–H and O–H groups in total. The average molecular weight is 564 g/mol. The van der Waals surface area contributed by atoms with Crippen molar-refractivity contribution in [1.82, 2.24) is 4.31 Å². The van der Waals surface area contributed by atoms with Gasteiger partial charge in [0.1, 0.15) is 10.6 Å². The van der Waals surface area contributed by atoms with E-state index in [2.05, 4.69) is 36.8 Å². The quantitative estimate of drug-likeness (QED) is 0.504. The van der Waals surface area contributed by atoms with Crippen LogP contribution >= 0.6 is 31.9 Å². The van der Waals surface area contributed by atoms with E-state index in [1.54, 1.807) is 6.07 Å². The van der Waals surface area contributed by atoms with Crippen LogP contribution in [0.1, 0.15) is 6.92 Å². The highest BCUT2D eigenvalue weighted by atomic mass is 79.9. The second-order valence-corrected chi connectivity index (χ2v) is 10.1. The van der Waals surface area contributed by atoms with E-state index in [0.29, 0.717) is 47.5 Å². The number of ether oxygens (including phenoxy) is 3. The molecular weight excluding hydrogens is 540 g/mol. The number of rotatable bonds is 7. The minimum atomic E-state index is -3.82. The lowest BCUT2D eigenvalue weighted by Gasteiger charge is -2.36. The summed E-state index contributed by atoms with van der Waals surface area (Å²) < 4.78 is 45.9. The number of methoxy groups -OCH3 is 2. The summed E-state index contributed by atoms with van der Waals surface area (Å²) in [5.41, 5.74) is 0.972. The molecule has 7 nitrogen and oxygen atoms in total. The van der Waals surface area contributed by atoms with Crippen LogP contribution in [0.4, 0.5) is 5.69 Å². The summed E-state index contributed by atoms with van der Waals surface area (Å²) in [6.07, 6.45) is 0. The minimum absolute atomic E-state index is 0.0550. The Hall–Kier alpha value is -1.49. The van der Waals surface area contributed by atoms with Gasteiger partial charge in [-0.3, -0.25) is 0 Å². The van der Waals surface area contributed by atoms with Crippen molar-refractivity contribution in [2.24, 2.45) is 0 Å². The van der Waals surface area contributed by atoms with Crippen LogP contribution in [0, 0.1) is 0 Å². The fourth-order valence-electron chi connectivity index (χ4n) is 3.43. The molecule has 30 heavy (non-hydrogen) atoms. The van der Waals surface area contributed by atoms with Crippen molar-refractivity contribution < 1.29 is 22.6 Å². The third-order valence-electron chi connectivity index (χ3n) is 4.86. The average Bonchev–Trinajstić information content (AvgIpc) is 2.75. The molecule has 1 aliphatic heterocycles. The first-order valence-electron chi connectivity index (χ1n) is 9.42. The standard InChI is InChI=1S/C20H24Br2N2O5S/c1-4-29-16-8-6-5-7-15(16)23-9-11-24(12-10-23)30(25,26)20-18(22)14(21)13-17(27-2)19(20)28-3/h5-8,13H,4,9-12H2,1-3H3. The Morgan fingerprint density at radius 2 is 1.67 bits per heavy atom. The predicted molar refractivity (Wildman–Crippen MR) is 124 cm³/mol. The molecule has 2 aromatic carbocycles. The Morgan fingerprint density at radius 1 is 1.00 bits per heavy atom. The van der Waals surface area contributed by atoms with E-state index in [1.807, 2.05) is 31.2 Å². The second kappa shape index (κ2) is 9.76. The van der Waals surface area contributed by atoms with Crippen LogP contribution in [0.5, 0.6) is 17.2 Å². The van der Waals surface area contributed by atoms with Crippen molar-refractivity contribution in [3.63, 3.8) is 0 Å². The fraction of sp³-hybridized carbons (Fsp3) is 0.400. The Bertz CT molecular complexity index is 1010. The smallest absolute Gasteiger partial charge is 0.248 e. The molecule has 1 fully saturated rings. The molecule has 10 heteroatoms. The predicted octanol–water partition coefficient (Wildman–Crippen LogP) is 4.14. The number of hydrogen-bond donors (Lipinski definition) is 0. The largest absolute Gasteiger partial charge is 0.493 e.